The summed E-state index contributed by atoms with van der Waals surface area (Å²) < 4.78 is 0. The maximum atomic E-state index is 12.5. The van der Waals surface area contributed by atoms with Crippen LogP contribution in [0, 0.1) is 38.5 Å². The third-order valence-corrected chi connectivity index (χ3v) is 15.9. The van der Waals surface area contributed by atoms with E-state index in [0.717, 1.165) is 179 Å². The lowest BCUT2D eigenvalue weighted by molar-refractivity contribution is 0.220. The molecule has 3 aliphatic rings. The van der Waals surface area contributed by atoms with Crippen LogP contribution in [0.1, 0.15) is 95.0 Å². The number of fused-ring (bicyclic) bond motifs is 3. The van der Waals surface area contributed by atoms with E-state index in [2.05, 4.69) is 121 Å². The van der Waals surface area contributed by atoms with E-state index in [4.69, 9.17) is 0 Å². The molecule has 12 rings (SSSR count). The average molecular weight is 1130 g/mol. The van der Waals surface area contributed by atoms with E-state index in [1.54, 1.807) is 0 Å². The van der Waals surface area contributed by atoms with Gasteiger partial charge in [0.2, 0.25) is 0 Å². The van der Waals surface area contributed by atoms with Crippen LogP contribution >= 0.6 is 0 Å². The van der Waals surface area contributed by atoms with Crippen molar-refractivity contribution >= 4 is 68.3 Å². The van der Waals surface area contributed by atoms with Crippen LogP contribution in [0.3, 0.4) is 0 Å². The molecule has 0 radical (unpaired) electrons. The third-order valence-electron chi connectivity index (χ3n) is 15.9. The smallest absolute Gasteiger partial charge is 0.321 e. The van der Waals surface area contributed by atoms with Gasteiger partial charge in [0.25, 0.3) is 0 Å². The zero-order valence-electron chi connectivity index (χ0n) is 49.7. The Bertz CT molecular complexity index is 3490. The van der Waals surface area contributed by atoms with Crippen molar-refractivity contribution in [3.8, 4) is 33.4 Å². The molecular formula is C66H75N15O3. The van der Waals surface area contributed by atoms with Crippen LogP contribution in [0.2, 0.25) is 0 Å². The topological polar surface area (TPSA) is 213 Å². The molecule has 432 valence electrons. The van der Waals surface area contributed by atoms with Crippen LogP contribution in [0.4, 0.5) is 31.4 Å². The Morgan fingerprint density at radius 2 is 0.702 bits per heavy atom. The lowest BCUT2D eigenvalue weighted by atomic mass is 10.0. The van der Waals surface area contributed by atoms with Crippen LogP contribution in [-0.2, 0) is 19.3 Å². The van der Waals surface area contributed by atoms with Gasteiger partial charge in [-0.15, -0.1) is 0 Å². The number of nitrogens with one attached hydrogen (secondary N) is 3. The van der Waals surface area contributed by atoms with Gasteiger partial charge in [0.1, 0.15) is 17.5 Å². The number of likely N-dealkylation sites (tertiary alicyclic amines) is 3. The van der Waals surface area contributed by atoms with Crippen molar-refractivity contribution in [1.29, 1.82) is 0 Å². The van der Waals surface area contributed by atoms with E-state index in [0.29, 0.717) is 34.7 Å². The SMILES string of the molecule is CCc1ncc2cc(-c3cc(NC(=O)N4CCC(C)C4)ccc3C)cnc2n1.CCc1ncc2cc(-c3cc(NC(=O)N4CC[C@@H](C)C4)ccc3C)cnc2n1.CCc1ncc2cc(-c3cc(NC(=O)N4CC[C@H](C)C4)ccc3C)cnc2n1. The zero-order chi connectivity index (χ0) is 59.0. The van der Waals surface area contributed by atoms with E-state index in [1.165, 1.54) is 0 Å². The summed E-state index contributed by atoms with van der Waals surface area (Å²) in [6.45, 7) is 23.7. The fraction of sp³-hybridized carbons (Fsp3) is 0.364. The zero-order valence-corrected chi connectivity index (χ0v) is 49.7. The van der Waals surface area contributed by atoms with Gasteiger partial charge in [-0.2, -0.15) is 0 Å². The highest BCUT2D eigenvalue weighted by molar-refractivity contribution is 5.93. The normalized spacial score (nSPS) is 16.5. The minimum absolute atomic E-state index is 0.0312. The number of aromatic nitrogens is 9. The Morgan fingerprint density at radius 3 is 0.952 bits per heavy atom. The summed E-state index contributed by atoms with van der Waals surface area (Å²) in [5.41, 5.74) is 14.0. The first kappa shape index (κ1) is 58.1. The Balaban J connectivity index is 0.000000140. The highest BCUT2D eigenvalue weighted by atomic mass is 16.2. The molecule has 9 heterocycles. The van der Waals surface area contributed by atoms with E-state index < -0.39 is 0 Å². The highest BCUT2D eigenvalue weighted by Crippen LogP contribution is 2.32. The number of rotatable bonds is 9. The first-order chi connectivity index (χ1) is 40.6. The number of hydrogen-bond donors (Lipinski definition) is 3. The largest absolute Gasteiger partial charge is 0.324 e. The second kappa shape index (κ2) is 26.0. The standard InChI is InChI=1S/3C22H25N5O/c3*1-4-20-23-12-17-9-16(11-24-21(17)26-20)19-10-18(6-5-15(19)3)25-22(28)27-8-7-14(2)13-27/h3*5-6,9-12,14H,4,7-8,13H2,1-3H3,(H,25,28)/t2*14-;/m10./s1. The summed E-state index contributed by atoms with van der Waals surface area (Å²) in [4.78, 5) is 83.3. The molecule has 0 aliphatic carbocycles. The number of pyridine rings is 3. The summed E-state index contributed by atoms with van der Waals surface area (Å²) in [5, 5.41) is 11.8. The van der Waals surface area contributed by atoms with Crippen LogP contribution in [-0.4, -0.2) is 117 Å². The molecule has 1 unspecified atom stereocenters. The molecule has 3 saturated heterocycles. The van der Waals surface area contributed by atoms with Gasteiger partial charge >= 0.3 is 18.1 Å². The summed E-state index contributed by atoms with van der Waals surface area (Å²) in [6.07, 6.45) is 16.6. The first-order valence-electron chi connectivity index (χ1n) is 29.5. The summed E-state index contributed by atoms with van der Waals surface area (Å²) in [5.74, 6) is 4.09. The number of nitrogens with zero attached hydrogens (tertiary/aromatic N) is 12. The van der Waals surface area contributed by atoms with Gasteiger partial charge in [-0.3, -0.25) is 0 Å². The molecule has 3 aromatic carbocycles. The number of urea groups is 3. The average Bonchev–Trinajstić information content (AvgIpc) is 3.68. The predicted octanol–water partition coefficient (Wildman–Crippen LogP) is 13.3. The summed E-state index contributed by atoms with van der Waals surface area (Å²) in [6, 6.07) is 24.0. The summed E-state index contributed by atoms with van der Waals surface area (Å²) in [7, 11) is 0. The molecule has 0 saturated carbocycles. The minimum Gasteiger partial charge on any atom is -0.324 e. The van der Waals surface area contributed by atoms with Gasteiger partial charge in [-0.05, 0) is 146 Å². The molecule has 3 aliphatic heterocycles. The van der Waals surface area contributed by atoms with Gasteiger partial charge in [0.15, 0.2) is 16.9 Å². The van der Waals surface area contributed by atoms with Crippen molar-refractivity contribution in [2.24, 2.45) is 17.8 Å². The Kier molecular flexibility index (Phi) is 18.0. The molecule has 6 aromatic heterocycles. The molecule has 0 spiro atoms. The van der Waals surface area contributed by atoms with Crippen molar-refractivity contribution < 1.29 is 14.4 Å². The fourth-order valence-electron chi connectivity index (χ4n) is 10.8. The fourth-order valence-corrected chi connectivity index (χ4v) is 10.8. The molecule has 18 heteroatoms. The van der Waals surface area contributed by atoms with Crippen molar-refractivity contribution in [2.45, 2.75) is 101 Å². The monoisotopic (exact) mass is 1130 g/mol. The second-order valence-electron chi connectivity index (χ2n) is 22.7. The molecule has 3 N–H and O–H groups in total. The van der Waals surface area contributed by atoms with Crippen LogP contribution in [0.25, 0.3) is 66.5 Å². The Hall–Kier alpha value is -9.06. The molecule has 3 atom stereocenters. The number of carbonyl (C=O) groups excluding carboxylic acids is 3. The van der Waals surface area contributed by atoms with Gasteiger partial charge in [-0.25, -0.2) is 59.2 Å². The molecule has 6 amide bonds. The van der Waals surface area contributed by atoms with Gasteiger partial charge in [0, 0.05) is 146 Å². The first-order valence-corrected chi connectivity index (χ1v) is 29.5. The molecule has 0 bridgehead atoms. The number of amides is 6. The molecule has 84 heavy (non-hydrogen) atoms. The molecule has 9 aromatic rings. The van der Waals surface area contributed by atoms with Crippen molar-refractivity contribution in [1.82, 2.24) is 59.6 Å². The van der Waals surface area contributed by atoms with Crippen LogP contribution in [0.15, 0.2) is 110 Å². The van der Waals surface area contributed by atoms with Crippen LogP contribution in [0.5, 0.6) is 0 Å². The van der Waals surface area contributed by atoms with Crippen molar-refractivity contribution in [3.05, 3.63) is 144 Å². The van der Waals surface area contributed by atoms with Gasteiger partial charge in [-0.1, -0.05) is 59.7 Å². The molecular weight excluding hydrogens is 1050 g/mol. The van der Waals surface area contributed by atoms with E-state index >= 15 is 0 Å². The van der Waals surface area contributed by atoms with Crippen molar-refractivity contribution in [2.75, 3.05) is 55.2 Å². The lowest BCUT2D eigenvalue weighted by Gasteiger charge is -2.17. The Morgan fingerprint density at radius 1 is 0.417 bits per heavy atom. The van der Waals surface area contributed by atoms with E-state index in [-0.39, 0.29) is 18.1 Å². The molecule has 18 nitrogen and oxygen atoms in total. The molecule has 3 fully saturated rings. The third kappa shape index (κ3) is 13.9. The minimum atomic E-state index is -0.0312. The van der Waals surface area contributed by atoms with Crippen molar-refractivity contribution in [3.63, 3.8) is 0 Å². The number of hydrogen-bond acceptors (Lipinski definition) is 12. The Labute approximate surface area is 491 Å². The van der Waals surface area contributed by atoms with E-state index in [1.807, 2.05) is 127 Å². The van der Waals surface area contributed by atoms with Gasteiger partial charge < -0.3 is 30.7 Å². The van der Waals surface area contributed by atoms with Gasteiger partial charge in [0.05, 0.1) is 0 Å². The highest BCUT2D eigenvalue weighted by Gasteiger charge is 2.26. The number of anilines is 3. The maximum absolute atomic E-state index is 12.5. The second-order valence-corrected chi connectivity index (χ2v) is 22.7. The van der Waals surface area contributed by atoms with Crippen LogP contribution < -0.4 is 16.0 Å². The number of carbonyl (C=O) groups is 3. The summed E-state index contributed by atoms with van der Waals surface area (Å²) >= 11 is 0. The predicted molar refractivity (Wildman–Crippen MR) is 334 cm³/mol. The maximum Gasteiger partial charge on any atom is 0.321 e. The number of benzene rings is 3. The quantitative estimate of drug-likeness (QED) is 0.123. The number of aryl methyl sites for hydroxylation is 6. The van der Waals surface area contributed by atoms with E-state index in [9.17, 15) is 14.4 Å². The lowest BCUT2D eigenvalue weighted by Crippen LogP contribution is -2.32.